The van der Waals surface area contributed by atoms with E-state index in [0.717, 1.165) is 0 Å². The molecule has 0 unspecified atom stereocenters. The van der Waals surface area contributed by atoms with Gasteiger partial charge in [-0.15, -0.1) is 0 Å². The molecule has 0 aromatic carbocycles. The summed E-state index contributed by atoms with van der Waals surface area (Å²) in [6.07, 6.45) is 0. The van der Waals surface area contributed by atoms with Gasteiger partial charge in [-0.25, -0.2) is 0 Å². The van der Waals surface area contributed by atoms with Crippen molar-refractivity contribution in [1.29, 1.82) is 0 Å². The van der Waals surface area contributed by atoms with Crippen LogP contribution in [-0.2, 0) is 18.8 Å². The molecule has 0 fully saturated rings. The molecule has 0 amide bonds. The molecule has 0 aromatic rings. The van der Waals surface area contributed by atoms with Crippen molar-refractivity contribution in [3.8, 4) is 0 Å². The third-order valence-corrected chi connectivity index (χ3v) is 0.125. The van der Waals surface area contributed by atoms with Gasteiger partial charge in [0, 0.05) is 0 Å². The summed E-state index contributed by atoms with van der Waals surface area (Å²) in [7, 11) is 4.61. The van der Waals surface area contributed by atoms with E-state index in [9.17, 15) is 0 Å². The van der Waals surface area contributed by atoms with E-state index in [0.29, 0.717) is 0 Å². The molecule has 51 valence electrons. The summed E-state index contributed by atoms with van der Waals surface area (Å²) in [5.41, 5.74) is 12.5. The molecule has 0 spiro atoms. The second kappa shape index (κ2) is 28.6. The van der Waals surface area contributed by atoms with Crippen molar-refractivity contribution in [2.75, 3.05) is 13.1 Å². The van der Waals surface area contributed by atoms with E-state index in [-0.39, 0.29) is 20.5 Å². The topological polar surface area (TPSA) is 47.6 Å². The van der Waals surface area contributed by atoms with E-state index in [4.69, 9.17) is 11.5 Å². The second-order valence-corrected chi connectivity index (χ2v) is 0.500. The third-order valence-electron chi connectivity index (χ3n) is 0.125. The van der Waals surface area contributed by atoms with E-state index in [1.54, 1.807) is 18.8 Å². The minimum atomic E-state index is 0. The van der Waals surface area contributed by atoms with Crippen molar-refractivity contribution in [2.45, 2.75) is 0 Å². The van der Waals surface area contributed by atoms with Crippen LogP contribution in [0.15, 0.2) is 0 Å². The molecule has 0 rings (SSSR count). The number of nitrogens with one attached hydrogen (secondary N) is 2. The first kappa shape index (κ1) is 15.7. The van der Waals surface area contributed by atoms with Crippen molar-refractivity contribution in [3.63, 3.8) is 0 Å². The molecular formula is C3H9ClN2Pt-3. The maximum absolute atomic E-state index is 6.26. The van der Waals surface area contributed by atoms with Gasteiger partial charge in [-0.2, -0.15) is 13.1 Å². The van der Waals surface area contributed by atoms with Crippen molar-refractivity contribution in [1.82, 2.24) is 0 Å². The average Bonchev–Trinajstić information content (AvgIpc) is 1.72. The number of halogens is 1. The van der Waals surface area contributed by atoms with Crippen LogP contribution in [0.3, 0.4) is 0 Å². The minimum absolute atomic E-state index is 0. The van der Waals surface area contributed by atoms with E-state index in [1.807, 2.05) is 0 Å². The minimum Gasteiger partial charge on any atom is -0.679 e. The Morgan fingerprint density at radius 2 is 1.29 bits per heavy atom. The van der Waals surface area contributed by atoms with Crippen molar-refractivity contribution in [3.05, 3.63) is 18.9 Å². The van der Waals surface area contributed by atoms with Crippen molar-refractivity contribution >= 4 is 9.42 Å². The summed E-state index contributed by atoms with van der Waals surface area (Å²) >= 11 is 1.61. The fourth-order valence-corrected chi connectivity index (χ4v) is 0. The predicted molar refractivity (Wildman–Crippen MR) is 30.6 cm³/mol. The molecule has 2 N–H and O–H groups in total. The zero-order valence-electron chi connectivity index (χ0n) is 4.11. The summed E-state index contributed by atoms with van der Waals surface area (Å²) in [5, 5.41) is 0. The molecule has 0 aliphatic heterocycles. The number of hydrogen-bond acceptors (Lipinski definition) is 0. The smallest absolute Gasteiger partial charge is 0.171 e. The summed E-state index contributed by atoms with van der Waals surface area (Å²) in [6, 6.07) is 0. The molecule has 2 nitrogen and oxygen atoms in total. The SMILES string of the molecule is [CH3-].[Cl][Pt].[NH-]CC[NH-]. The van der Waals surface area contributed by atoms with Gasteiger partial charge in [-0.1, -0.05) is 0 Å². The largest absolute Gasteiger partial charge is 0.679 e. The van der Waals surface area contributed by atoms with Crippen LogP contribution in [0.4, 0.5) is 0 Å². The van der Waals surface area contributed by atoms with Crippen LogP contribution in [-0.4, -0.2) is 13.1 Å². The average molecular weight is 304 g/mol. The molecule has 0 aromatic heterocycles. The van der Waals surface area contributed by atoms with E-state index >= 15 is 0 Å². The molecule has 7 heavy (non-hydrogen) atoms. The Morgan fingerprint density at radius 1 is 1.14 bits per heavy atom. The third kappa shape index (κ3) is 45.9. The molecule has 0 aliphatic rings. The first-order chi connectivity index (χ1) is 2.91. The number of hydrogen-bond donors (Lipinski definition) is 0. The maximum atomic E-state index is 6.26. The van der Waals surface area contributed by atoms with Crippen LogP contribution < -0.4 is 0 Å². The van der Waals surface area contributed by atoms with E-state index in [2.05, 4.69) is 9.42 Å². The normalized spacial score (nSPS) is 5.29. The summed E-state index contributed by atoms with van der Waals surface area (Å²) in [4.78, 5) is 0. The first-order valence-corrected chi connectivity index (χ1v) is 4.14. The Bertz CT molecular complexity index is 14.9. The monoisotopic (exact) mass is 303 g/mol. The molecule has 0 saturated heterocycles. The van der Waals surface area contributed by atoms with Gasteiger partial charge in [0.25, 0.3) is 0 Å². The molecule has 0 atom stereocenters. The number of rotatable bonds is 1. The van der Waals surface area contributed by atoms with Gasteiger partial charge in [0.1, 0.15) is 0 Å². The van der Waals surface area contributed by atoms with Gasteiger partial charge in [-0.05, 0) is 0 Å². The molecule has 0 saturated carbocycles. The molecular weight excluding hydrogens is 295 g/mol. The van der Waals surface area contributed by atoms with Crippen molar-refractivity contribution < 1.29 is 18.8 Å². The van der Waals surface area contributed by atoms with E-state index < -0.39 is 0 Å². The fraction of sp³-hybridized carbons (Fsp3) is 0.667. The predicted octanol–water partition coefficient (Wildman–Crippen LogP) is 2.23. The van der Waals surface area contributed by atoms with Crippen LogP contribution in [0.2, 0.25) is 0 Å². The summed E-state index contributed by atoms with van der Waals surface area (Å²) in [5.74, 6) is 0. The van der Waals surface area contributed by atoms with Crippen LogP contribution in [0.25, 0.3) is 11.5 Å². The quantitative estimate of drug-likeness (QED) is 0.667. The molecule has 0 radical (unpaired) electrons. The second-order valence-electron chi connectivity index (χ2n) is 0.500. The molecule has 0 aliphatic carbocycles. The first-order valence-electron chi connectivity index (χ1n) is 1.33. The zero-order valence-corrected chi connectivity index (χ0v) is 7.14. The van der Waals surface area contributed by atoms with Gasteiger partial charge >= 0.3 is 28.2 Å². The van der Waals surface area contributed by atoms with Gasteiger partial charge in [0.2, 0.25) is 0 Å². The molecule has 0 bridgehead atoms. The summed E-state index contributed by atoms with van der Waals surface area (Å²) in [6.45, 7) is 0.472. The molecule has 4 heteroatoms. The maximum Gasteiger partial charge on any atom is -0.171 e. The van der Waals surface area contributed by atoms with Gasteiger partial charge in [0.15, 0.2) is 0 Å². The Hall–Kier alpha value is 0.898. The summed E-state index contributed by atoms with van der Waals surface area (Å²) < 4.78 is 0. The molecule has 0 heterocycles. The Labute approximate surface area is 60.4 Å². The fourth-order valence-electron chi connectivity index (χ4n) is 0. The van der Waals surface area contributed by atoms with Gasteiger partial charge in [0.05, 0.1) is 0 Å². The van der Waals surface area contributed by atoms with E-state index in [1.165, 1.54) is 0 Å². The van der Waals surface area contributed by atoms with Crippen LogP contribution in [0.5, 0.6) is 0 Å². The van der Waals surface area contributed by atoms with Crippen LogP contribution >= 0.6 is 9.42 Å². The Morgan fingerprint density at radius 3 is 1.29 bits per heavy atom. The zero-order chi connectivity index (χ0) is 5.41. The van der Waals surface area contributed by atoms with Gasteiger partial charge < -0.3 is 18.9 Å². The Balaban J connectivity index is -0.0000000480. The van der Waals surface area contributed by atoms with Crippen LogP contribution in [0.1, 0.15) is 0 Å². The standard InChI is InChI=1S/C2H6N2.CH3.ClH.Pt/c3-1-2-4;;;/h3-4H,1-2H2;1H3;1H;/q-2;-1;;+1/p-1. The van der Waals surface area contributed by atoms with Crippen molar-refractivity contribution in [2.24, 2.45) is 0 Å². The Kier molecular flexibility index (Phi) is 63.9. The van der Waals surface area contributed by atoms with Gasteiger partial charge in [-0.3, -0.25) is 0 Å². The van der Waals surface area contributed by atoms with Crippen LogP contribution in [0, 0.1) is 7.43 Å².